The molecule has 0 aliphatic heterocycles. The minimum Gasteiger partial charge on any atom is -0.310 e. The highest BCUT2D eigenvalue weighted by Gasteiger charge is 2.15. The lowest BCUT2D eigenvalue weighted by molar-refractivity contribution is 0.530. The molecule has 0 radical (unpaired) electrons. The molecule has 1 unspecified atom stereocenters. The Kier molecular flexibility index (Phi) is 5.37. The van der Waals surface area contributed by atoms with Crippen molar-refractivity contribution in [1.29, 1.82) is 0 Å². The van der Waals surface area contributed by atoms with Gasteiger partial charge in [-0.05, 0) is 42.1 Å². The van der Waals surface area contributed by atoms with Gasteiger partial charge in [-0.1, -0.05) is 30.7 Å². The molecule has 0 bridgehead atoms. The maximum atomic E-state index is 13.1. The predicted molar refractivity (Wildman–Crippen MR) is 80.5 cm³/mol. The van der Waals surface area contributed by atoms with Crippen molar-refractivity contribution >= 4 is 22.9 Å². The van der Waals surface area contributed by atoms with Crippen molar-refractivity contribution in [3.05, 3.63) is 57.0 Å². The summed E-state index contributed by atoms with van der Waals surface area (Å²) in [6.07, 6.45) is 1.93. The topological polar surface area (TPSA) is 12.0 Å². The summed E-state index contributed by atoms with van der Waals surface area (Å²) in [5, 5.41) is 6.04. The Hall–Kier alpha value is -0.900. The van der Waals surface area contributed by atoms with Gasteiger partial charge in [-0.25, -0.2) is 4.39 Å². The smallest absolute Gasteiger partial charge is 0.124 e. The summed E-state index contributed by atoms with van der Waals surface area (Å²) in [6, 6.07) is 8.92. The molecule has 0 fully saturated rings. The Morgan fingerprint density at radius 2 is 2.21 bits per heavy atom. The van der Waals surface area contributed by atoms with Crippen LogP contribution in [0.2, 0.25) is 5.02 Å². The van der Waals surface area contributed by atoms with Crippen LogP contribution in [0.3, 0.4) is 0 Å². The summed E-state index contributed by atoms with van der Waals surface area (Å²) in [4.78, 5) is 1.30. The molecule has 0 aliphatic rings. The molecule has 1 atom stereocenters. The van der Waals surface area contributed by atoms with Gasteiger partial charge in [0.25, 0.3) is 0 Å². The normalized spacial score (nSPS) is 12.6. The van der Waals surface area contributed by atoms with Crippen LogP contribution in [0.4, 0.5) is 4.39 Å². The molecular weight excluding hydrogens is 281 g/mol. The molecule has 1 heterocycles. The molecule has 1 aromatic heterocycles. The Morgan fingerprint density at radius 3 is 2.84 bits per heavy atom. The standard InChI is InChI=1S/C15H17ClFNS/c1-2-7-18-15(10-12-4-3-8-19-12)13-6-5-11(17)9-14(13)16/h3-6,8-9,15,18H,2,7,10H2,1H3. The second kappa shape index (κ2) is 7.04. The van der Waals surface area contributed by atoms with Crippen molar-refractivity contribution in [2.45, 2.75) is 25.8 Å². The van der Waals surface area contributed by atoms with Crippen molar-refractivity contribution < 1.29 is 4.39 Å². The zero-order valence-electron chi connectivity index (χ0n) is 10.8. The van der Waals surface area contributed by atoms with Gasteiger partial charge in [-0.2, -0.15) is 0 Å². The van der Waals surface area contributed by atoms with Crippen LogP contribution < -0.4 is 5.32 Å². The van der Waals surface area contributed by atoms with Crippen LogP contribution >= 0.6 is 22.9 Å². The minimum absolute atomic E-state index is 0.131. The van der Waals surface area contributed by atoms with Crippen LogP contribution in [-0.2, 0) is 6.42 Å². The van der Waals surface area contributed by atoms with E-state index >= 15 is 0 Å². The highest BCUT2D eigenvalue weighted by molar-refractivity contribution is 7.09. The van der Waals surface area contributed by atoms with Crippen molar-refractivity contribution in [2.24, 2.45) is 0 Å². The van der Waals surface area contributed by atoms with Gasteiger partial charge in [0.2, 0.25) is 0 Å². The lowest BCUT2D eigenvalue weighted by Gasteiger charge is -2.19. The van der Waals surface area contributed by atoms with E-state index in [1.54, 1.807) is 17.4 Å². The van der Waals surface area contributed by atoms with Gasteiger partial charge in [0.1, 0.15) is 5.82 Å². The van der Waals surface area contributed by atoms with Crippen molar-refractivity contribution in [3.63, 3.8) is 0 Å². The van der Waals surface area contributed by atoms with E-state index in [-0.39, 0.29) is 11.9 Å². The average Bonchev–Trinajstić information content (AvgIpc) is 2.88. The van der Waals surface area contributed by atoms with Crippen LogP contribution in [0.25, 0.3) is 0 Å². The van der Waals surface area contributed by atoms with Gasteiger partial charge in [-0.15, -0.1) is 11.3 Å². The first kappa shape index (κ1) is 14.5. The van der Waals surface area contributed by atoms with Crippen LogP contribution in [0.5, 0.6) is 0 Å². The quantitative estimate of drug-likeness (QED) is 0.806. The maximum Gasteiger partial charge on any atom is 0.124 e. The monoisotopic (exact) mass is 297 g/mol. The van der Waals surface area contributed by atoms with Gasteiger partial charge in [-0.3, -0.25) is 0 Å². The average molecular weight is 298 g/mol. The maximum absolute atomic E-state index is 13.1. The minimum atomic E-state index is -0.292. The molecule has 2 rings (SSSR count). The number of thiophene rings is 1. The lowest BCUT2D eigenvalue weighted by atomic mass is 10.0. The molecule has 0 saturated heterocycles. The second-order valence-corrected chi connectivity index (χ2v) is 5.90. The van der Waals surface area contributed by atoms with Crippen molar-refractivity contribution in [3.8, 4) is 0 Å². The molecule has 19 heavy (non-hydrogen) atoms. The van der Waals surface area contributed by atoms with E-state index in [0.717, 1.165) is 24.9 Å². The summed E-state index contributed by atoms with van der Waals surface area (Å²) >= 11 is 7.90. The van der Waals surface area contributed by atoms with Gasteiger partial charge < -0.3 is 5.32 Å². The molecule has 1 N–H and O–H groups in total. The summed E-state index contributed by atoms with van der Waals surface area (Å²) < 4.78 is 13.1. The summed E-state index contributed by atoms with van der Waals surface area (Å²) in [5.74, 6) is -0.292. The summed E-state index contributed by atoms with van der Waals surface area (Å²) in [6.45, 7) is 3.05. The molecule has 1 aromatic carbocycles. The highest BCUT2D eigenvalue weighted by atomic mass is 35.5. The number of hydrogen-bond acceptors (Lipinski definition) is 2. The Labute approximate surface area is 122 Å². The van der Waals surface area contributed by atoms with Crippen molar-refractivity contribution in [2.75, 3.05) is 6.54 Å². The Balaban J connectivity index is 2.20. The van der Waals surface area contributed by atoms with E-state index in [1.807, 2.05) is 6.07 Å². The molecule has 102 valence electrons. The number of benzene rings is 1. The van der Waals surface area contributed by atoms with E-state index in [1.165, 1.54) is 17.0 Å². The highest BCUT2D eigenvalue weighted by Crippen LogP contribution is 2.27. The number of halogens is 2. The van der Waals surface area contributed by atoms with Crippen LogP contribution in [-0.4, -0.2) is 6.54 Å². The van der Waals surface area contributed by atoms with E-state index in [2.05, 4.69) is 23.7 Å². The van der Waals surface area contributed by atoms with Crippen LogP contribution in [0, 0.1) is 5.82 Å². The molecule has 0 spiro atoms. The molecule has 0 saturated carbocycles. The molecule has 0 amide bonds. The molecule has 2 aromatic rings. The van der Waals surface area contributed by atoms with E-state index < -0.39 is 0 Å². The van der Waals surface area contributed by atoms with Gasteiger partial charge in [0.15, 0.2) is 0 Å². The zero-order chi connectivity index (χ0) is 13.7. The third-order valence-corrected chi connectivity index (χ3v) is 4.19. The Morgan fingerprint density at radius 1 is 1.37 bits per heavy atom. The van der Waals surface area contributed by atoms with Crippen LogP contribution in [0.1, 0.15) is 29.8 Å². The predicted octanol–water partition coefficient (Wildman–Crippen LogP) is 4.82. The number of rotatable bonds is 6. The van der Waals surface area contributed by atoms with Crippen LogP contribution in [0.15, 0.2) is 35.7 Å². The molecule has 0 aliphatic carbocycles. The molecule has 1 nitrogen and oxygen atoms in total. The zero-order valence-corrected chi connectivity index (χ0v) is 12.4. The second-order valence-electron chi connectivity index (χ2n) is 4.46. The Bertz CT molecular complexity index is 513. The fraction of sp³-hybridized carbons (Fsp3) is 0.333. The third-order valence-electron chi connectivity index (χ3n) is 2.96. The summed E-state index contributed by atoms with van der Waals surface area (Å²) in [7, 11) is 0. The fourth-order valence-corrected chi connectivity index (χ4v) is 3.08. The first-order valence-corrected chi connectivity index (χ1v) is 7.67. The summed E-state index contributed by atoms with van der Waals surface area (Å²) in [5.41, 5.74) is 0.963. The first-order chi connectivity index (χ1) is 9.20. The number of hydrogen-bond donors (Lipinski definition) is 1. The van der Waals surface area contributed by atoms with Gasteiger partial charge in [0.05, 0.1) is 0 Å². The lowest BCUT2D eigenvalue weighted by Crippen LogP contribution is -2.24. The molecule has 4 heteroatoms. The third kappa shape index (κ3) is 4.03. The van der Waals surface area contributed by atoms with Gasteiger partial charge in [0, 0.05) is 22.4 Å². The SMILES string of the molecule is CCCNC(Cc1cccs1)c1ccc(F)cc1Cl. The van der Waals surface area contributed by atoms with E-state index in [0.29, 0.717) is 5.02 Å². The largest absolute Gasteiger partial charge is 0.310 e. The number of nitrogens with one attached hydrogen (secondary N) is 1. The van der Waals surface area contributed by atoms with E-state index in [9.17, 15) is 4.39 Å². The van der Waals surface area contributed by atoms with E-state index in [4.69, 9.17) is 11.6 Å². The van der Waals surface area contributed by atoms with Crippen molar-refractivity contribution in [1.82, 2.24) is 5.32 Å². The fourth-order valence-electron chi connectivity index (χ4n) is 2.02. The molecular formula is C15H17ClFNS. The first-order valence-electron chi connectivity index (χ1n) is 6.41. The van der Waals surface area contributed by atoms with Gasteiger partial charge >= 0.3 is 0 Å².